The molecular formula is C22H21N7O. The number of nitrogens with one attached hydrogen (secondary N) is 2. The topological polar surface area (TPSA) is 135 Å². The van der Waals surface area contributed by atoms with Gasteiger partial charge in [0.25, 0.3) is 5.91 Å². The van der Waals surface area contributed by atoms with Gasteiger partial charge in [-0.25, -0.2) is 0 Å². The van der Waals surface area contributed by atoms with E-state index in [-0.39, 0.29) is 11.9 Å². The molecule has 0 spiro atoms. The number of carbonyl (C=O) groups is 1. The van der Waals surface area contributed by atoms with E-state index >= 15 is 0 Å². The first-order valence-corrected chi connectivity index (χ1v) is 9.34. The predicted molar refractivity (Wildman–Crippen MR) is 121 cm³/mol. The Hall–Kier alpha value is -4.20. The number of carbonyl (C=O) groups excluding carboxylic acids is 1. The van der Waals surface area contributed by atoms with Crippen LogP contribution in [0.2, 0.25) is 0 Å². The molecule has 4 aromatic rings. The number of aryl methyl sites for hydroxylation is 1. The van der Waals surface area contributed by atoms with Gasteiger partial charge in [0.1, 0.15) is 5.69 Å². The Bertz CT molecular complexity index is 1330. The molecule has 0 saturated carbocycles. The van der Waals surface area contributed by atoms with E-state index in [9.17, 15) is 4.79 Å². The minimum Gasteiger partial charge on any atom is -0.369 e. The van der Waals surface area contributed by atoms with Crippen LogP contribution in [-0.2, 0) is 0 Å². The van der Waals surface area contributed by atoms with E-state index in [1.165, 1.54) is 0 Å². The zero-order valence-electron chi connectivity index (χ0n) is 16.6. The molecule has 0 aliphatic heterocycles. The van der Waals surface area contributed by atoms with Gasteiger partial charge >= 0.3 is 0 Å². The Labute approximate surface area is 172 Å². The summed E-state index contributed by atoms with van der Waals surface area (Å²) in [6.45, 7) is 3.76. The van der Waals surface area contributed by atoms with Crippen LogP contribution in [0.4, 0.5) is 5.69 Å². The number of hydrogen-bond donors (Lipinski definition) is 4. The summed E-state index contributed by atoms with van der Waals surface area (Å²) in [5.74, 6) is -0.325. The van der Waals surface area contributed by atoms with Gasteiger partial charge in [0, 0.05) is 27.7 Å². The van der Waals surface area contributed by atoms with Crippen molar-refractivity contribution in [2.45, 2.75) is 13.8 Å². The Balaban J connectivity index is 1.58. The molecule has 4 rings (SSSR count). The first-order chi connectivity index (χ1) is 14.4. The van der Waals surface area contributed by atoms with Gasteiger partial charge < -0.3 is 21.8 Å². The van der Waals surface area contributed by atoms with Crippen molar-refractivity contribution >= 4 is 45.1 Å². The van der Waals surface area contributed by atoms with Crippen molar-refractivity contribution in [2.75, 3.05) is 5.32 Å². The van der Waals surface area contributed by atoms with Crippen LogP contribution in [0, 0.1) is 6.92 Å². The van der Waals surface area contributed by atoms with E-state index in [0.717, 1.165) is 33.1 Å². The van der Waals surface area contributed by atoms with Crippen molar-refractivity contribution in [3.05, 3.63) is 71.5 Å². The summed E-state index contributed by atoms with van der Waals surface area (Å²) in [7, 11) is 0. The van der Waals surface area contributed by atoms with E-state index in [1.54, 1.807) is 6.07 Å². The summed E-state index contributed by atoms with van der Waals surface area (Å²) in [4.78, 5) is 20.4. The SMILES string of the molecule is C/C(=N/N=C(N)N)c1ccc2[nH]c(C(=O)Nc3ccc4nc(C)ccc4c3)cc2c1. The number of anilines is 1. The summed E-state index contributed by atoms with van der Waals surface area (Å²) in [6, 6.07) is 17.1. The second kappa shape index (κ2) is 7.67. The molecule has 0 atom stereocenters. The van der Waals surface area contributed by atoms with Crippen LogP contribution in [0.3, 0.4) is 0 Å². The number of nitrogens with two attached hydrogens (primary N) is 2. The molecule has 2 aromatic carbocycles. The third-order valence-corrected chi connectivity index (χ3v) is 4.68. The molecular weight excluding hydrogens is 378 g/mol. The van der Waals surface area contributed by atoms with E-state index in [0.29, 0.717) is 17.1 Å². The zero-order valence-corrected chi connectivity index (χ0v) is 16.6. The quantitative estimate of drug-likeness (QED) is 0.238. The van der Waals surface area contributed by atoms with Gasteiger partial charge in [-0.15, -0.1) is 5.10 Å². The molecule has 1 amide bonds. The lowest BCUT2D eigenvalue weighted by molar-refractivity contribution is 0.102. The molecule has 6 N–H and O–H groups in total. The molecule has 0 unspecified atom stereocenters. The number of fused-ring (bicyclic) bond motifs is 2. The fourth-order valence-corrected chi connectivity index (χ4v) is 3.17. The van der Waals surface area contributed by atoms with Crippen molar-refractivity contribution in [2.24, 2.45) is 21.7 Å². The fourth-order valence-electron chi connectivity index (χ4n) is 3.17. The molecule has 0 saturated heterocycles. The summed E-state index contributed by atoms with van der Waals surface area (Å²) in [6.07, 6.45) is 0. The Morgan fingerprint density at radius 1 is 1.00 bits per heavy atom. The number of hydrogen-bond acceptors (Lipinski definition) is 4. The second-order valence-corrected chi connectivity index (χ2v) is 7.01. The number of pyridine rings is 1. The van der Waals surface area contributed by atoms with Crippen LogP contribution in [0.5, 0.6) is 0 Å². The first kappa shape index (κ1) is 19.1. The Morgan fingerprint density at radius 3 is 2.63 bits per heavy atom. The van der Waals surface area contributed by atoms with Crippen molar-refractivity contribution in [3.8, 4) is 0 Å². The lowest BCUT2D eigenvalue weighted by atomic mass is 10.1. The molecule has 0 bridgehead atoms. The summed E-state index contributed by atoms with van der Waals surface area (Å²) in [5, 5.41) is 12.4. The van der Waals surface area contributed by atoms with Crippen molar-refractivity contribution in [1.82, 2.24) is 9.97 Å². The molecule has 8 nitrogen and oxygen atoms in total. The summed E-state index contributed by atoms with van der Waals surface area (Å²) in [5.41, 5.74) is 16.0. The maximum Gasteiger partial charge on any atom is 0.272 e. The number of aromatic nitrogens is 2. The molecule has 0 aliphatic carbocycles. The normalized spacial score (nSPS) is 11.6. The van der Waals surface area contributed by atoms with Gasteiger partial charge in [-0.1, -0.05) is 12.1 Å². The molecule has 8 heteroatoms. The zero-order chi connectivity index (χ0) is 21.3. The highest BCUT2D eigenvalue weighted by Crippen LogP contribution is 2.21. The lowest BCUT2D eigenvalue weighted by Gasteiger charge is -2.05. The molecule has 150 valence electrons. The molecule has 0 fully saturated rings. The molecule has 2 aromatic heterocycles. The van der Waals surface area contributed by atoms with Gasteiger partial charge in [0.2, 0.25) is 5.96 Å². The molecule has 2 heterocycles. The van der Waals surface area contributed by atoms with E-state index in [2.05, 4.69) is 25.5 Å². The predicted octanol–water partition coefficient (Wildman–Crippen LogP) is 3.27. The van der Waals surface area contributed by atoms with Crippen LogP contribution < -0.4 is 16.8 Å². The van der Waals surface area contributed by atoms with Crippen LogP contribution in [0.1, 0.15) is 28.7 Å². The standard InChI is InChI=1S/C22H21N7O/c1-12-3-4-15-10-17(6-8-18(15)25-12)26-21(30)20-11-16-9-14(5-7-19(16)27-20)13(2)28-29-22(23)24/h3-11,27H,1-2H3,(H,26,30)(H4,23,24,29)/b28-13-. The van der Waals surface area contributed by atoms with Gasteiger partial charge in [-0.05, 0) is 61.9 Å². The molecule has 0 aliphatic rings. The fraction of sp³-hybridized carbons (Fsp3) is 0.0909. The van der Waals surface area contributed by atoms with Crippen LogP contribution in [0.25, 0.3) is 21.8 Å². The van der Waals surface area contributed by atoms with E-state index in [4.69, 9.17) is 11.5 Å². The summed E-state index contributed by atoms with van der Waals surface area (Å²) >= 11 is 0. The van der Waals surface area contributed by atoms with Gasteiger partial charge in [-0.3, -0.25) is 9.78 Å². The smallest absolute Gasteiger partial charge is 0.272 e. The number of H-pyrrole nitrogens is 1. The molecule has 30 heavy (non-hydrogen) atoms. The second-order valence-electron chi connectivity index (χ2n) is 7.01. The minimum atomic E-state index is -0.224. The number of nitrogens with zero attached hydrogens (tertiary/aromatic N) is 3. The van der Waals surface area contributed by atoms with Crippen LogP contribution in [0.15, 0.2) is 64.8 Å². The van der Waals surface area contributed by atoms with Gasteiger partial charge in [-0.2, -0.15) is 5.10 Å². The van der Waals surface area contributed by atoms with Gasteiger partial charge in [0.05, 0.1) is 11.2 Å². The third-order valence-electron chi connectivity index (χ3n) is 4.68. The largest absolute Gasteiger partial charge is 0.369 e. The minimum absolute atomic E-state index is 0.101. The molecule has 0 radical (unpaired) electrons. The monoisotopic (exact) mass is 399 g/mol. The third kappa shape index (κ3) is 3.97. The van der Waals surface area contributed by atoms with Crippen LogP contribution in [-0.4, -0.2) is 27.5 Å². The summed E-state index contributed by atoms with van der Waals surface area (Å²) < 4.78 is 0. The maximum atomic E-state index is 12.7. The van der Waals surface area contributed by atoms with Gasteiger partial charge in [0.15, 0.2) is 0 Å². The number of rotatable bonds is 4. The number of aromatic amines is 1. The highest BCUT2D eigenvalue weighted by Gasteiger charge is 2.11. The average Bonchev–Trinajstić information content (AvgIpc) is 3.15. The lowest BCUT2D eigenvalue weighted by Crippen LogP contribution is -2.22. The Kier molecular flexibility index (Phi) is 4.89. The van der Waals surface area contributed by atoms with E-state index in [1.807, 2.05) is 62.4 Å². The van der Waals surface area contributed by atoms with Crippen molar-refractivity contribution in [3.63, 3.8) is 0 Å². The first-order valence-electron chi connectivity index (χ1n) is 9.34. The van der Waals surface area contributed by atoms with Crippen LogP contribution >= 0.6 is 0 Å². The maximum absolute atomic E-state index is 12.7. The number of benzene rings is 2. The number of guanidine groups is 1. The van der Waals surface area contributed by atoms with Crippen molar-refractivity contribution in [1.29, 1.82) is 0 Å². The average molecular weight is 399 g/mol. The van der Waals surface area contributed by atoms with Crippen molar-refractivity contribution < 1.29 is 4.79 Å². The van der Waals surface area contributed by atoms with E-state index < -0.39 is 0 Å². The highest BCUT2D eigenvalue weighted by atomic mass is 16.1. The highest BCUT2D eigenvalue weighted by molar-refractivity contribution is 6.08. The number of amides is 1. The Morgan fingerprint density at radius 2 is 1.83 bits per heavy atom.